The molecule has 176 valence electrons. The topological polar surface area (TPSA) is 102 Å². The second-order valence-electron chi connectivity index (χ2n) is 8.40. The molecule has 0 amide bonds. The Bertz CT molecular complexity index is 1370. The Morgan fingerprint density at radius 3 is 2.91 bits per heavy atom. The van der Waals surface area contributed by atoms with E-state index in [4.69, 9.17) is 22.1 Å². The molecule has 2 aromatic heterocycles. The molecule has 1 saturated carbocycles. The lowest BCUT2D eigenvalue weighted by Gasteiger charge is -2.33. The number of carbonyl (C=O) groups is 1. The SMILES string of the molecule is CCOC(=O)[C@]12C[C@H]1[C@@](C)(c1cc(Nc3nccc4cc(Cl)cnc34)cc(F)c1F)N=C(N)S2. The highest BCUT2D eigenvalue weighted by Gasteiger charge is 2.71. The van der Waals surface area contributed by atoms with Crippen LogP contribution in [0.2, 0.25) is 5.02 Å². The maximum absolute atomic E-state index is 15.2. The third-order valence-electron chi connectivity index (χ3n) is 6.24. The summed E-state index contributed by atoms with van der Waals surface area (Å²) in [6.45, 7) is 3.58. The van der Waals surface area contributed by atoms with Crippen LogP contribution in [0.4, 0.5) is 20.3 Å². The molecule has 1 aromatic carbocycles. The summed E-state index contributed by atoms with van der Waals surface area (Å²) in [7, 11) is 0. The number of nitrogens with zero attached hydrogens (tertiary/aromatic N) is 3. The lowest BCUT2D eigenvalue weighted by Crippen LogP contribution is -2.40. The predicted octanol–water partition coefficient (Wildman–Crippen LogP) is 4.90. The van der Waals surface area contributed by atoms with Crippen LogP contribution in [0.25, 0.3) is 10.9 Å². The van der Waals surface area contributed by atoms with Gasteiger partial charge in [0.2, 0.25) is 0 Å². The van der Waals surface area contributed by atoms with Gasteiger partial charge in [-0.3, -0.25) is 14.8 Å². The van der Waals surface area contributed by atoms with Gasteiger partial charge in [0, 0.05) is 41.0 Å². The van der Waals surface area contributed by atoms with Gasteiger partial charge in [-0.15, -0.1) is 0 Å². The number of anilines is 2. The van der Waals surface area contributed by atoms with Gasteiger partial charge in [-0.05, 0) is 38.5 Å². The molecule has 0 bridgehead atoms. The fourth-order valence-electron chi connectivity index (χ4n) is 4.59. The van der Waals surface area contributed by atoms with Gasteiger partial charge >= 0.3 is 5.97 Å². The number of pyridine rings is 2. The summed E-state index contributed by atoms with van der Waals surface area (Å²) in [5.41, 5.74) is 5.55. The van der Waals surface area contributed by atoms with Gasteiger partial charge in [-0.25, -0.2) is 13.8 Å². The zero-order valence-electron chi connectivity index (χ0n) is 18.2. The maximum Gasteiger partial charge on any atom is 0.323 e. The Balaban J connectivity index is 1.57. The van der Waals surface area contributed by atoms with Crippen molar-refractivity contribution in [3.8, 4) is 0 Å². The number of carbonyl (C=O) groups excluding carboxylic acids is 1. The van der Waals surface area contributed by atoms with Crippen LogP contribution in [-0.4, -0.2) is 32.5 Å². The second-order valence-corrected chi connectivity index (χ2v) is 10.2. The van der Waals surface area contributed by atoms with E-state index < -0.39 is 33.8 Å². The number of hydrogen-bond acceptors (Lipinski definition) is 8. The van der Waals surface area contributed by atoms with Crippen molar-refractivity contribution < 1.29 is 18.3 Å². The summed E-state index contributed by atoms with van der Waals surface area (Å²) in [5.74, 6) is -2.58. The highest BCUT2D eigenvalue weighted by Crippen LogP contribution is 2.66. The molecule has 1 aliphatic heterocycles. The van der Waals surface area contributed by atoms with E-state index >= 15 is 4.39 Å². The average Bonchev–Trinajstić information content (AvgIpc) is 3.53. The van der Waals surface area contributed by atoms with Crippen LogP contribution in [0.1, 0.15) is 25.8 Å². The van der Waals surface area contributed by atoms with Gasteiger partial charge in [-0.1, -0.05) is 23.4 Å². The van der Waals surface area contributed by atoms with Crippen molar-refractivity contribution in [2.75, 3.05) is 11.9 Å². The van der Waals surface area contributed by atoms with Crippen molar-refractivity contribution in [1.82, 2.24) is 9.97 Å². The molecule has 7 nitrogen and oxygen atoms in total. The molecular formula is C23H20ClF2N5O2S. The summed E-state index contributed by atoms with van der Waals surface area (Å²) >= 11 is 7.14. The van der Waals surface area contributed by atoms with E-state index in [9.17, 15) is 9.18 Å². The number of nitrogens with two attached hydrogens (primary N) is 1. The molecule has 11 heteroatoms. The van der Waals surface area contributed by atoms with Crippen molar-refractivity contribution in [2.24, 2.45) is 16.6 Å². The van der Waals surface area contributed by atoms with Crippen LogP contribution in [0.15, 0.2) is 41.7 Å². The zero-order valence-corrected chi connectivity index (χ0v) is 19.8. The Labute approximate surface area is 203 Å². The molecule has 0 spiro atoms. The van der Waals surface area contributed by atoms with Crippen molar-refractivity contribution >= 4 is 56.9 Å². The summed E-state index contributed by atoms with van der Waals surface area (Å²) in [6.07, 6.45) is 3.44. The molecule has 3 atom stereocenters. The van der Waals surface area contributed by atoms with Gasteiger partial charge in [0.15, 0.2) is 22.6 Å². The van der Waals surface area contributed by atoms with E-state index in [1.165, 1.54) is 12.3 Å². The summed E-state index contributed by atoms with van der Waals surface area (Å²) in [5, 5.41) is 4.35. The van der Waals surface area contributed by atoms with Crippen molar-refractivity contribution in [3.05, 3.63) is 58.9 Å². The number of thioether (sulfide) groups is 1. The Morgan fingerprint density at radius 1 is 1.35 bits per heavy atom. The summed E-state index contributed by atoms with van der Waals surface area (Å²) < 4.78 is 34.2. The van der Waals surface area contributed by atoms with E-state index in [0.29, 0.717) is 22.8 Å². The molecular weight excluding hydrogens is 484 g/mol. The molecule has 1 aliphatic carbocycles. The van der Waals surface area contributed by atoms with Crippen LogP contribution in [0.5, 0.6) is 0 Å². The molecule has 0 saturated heterocycles. The lowest BCUT2D eigenvalue weighted by atomic mass is 9.85. The van der Waals surface area contributed by atoms with Crippen LogP contribution in [-0.2, 0) is 15.1 Å². The maximum atomic E-state index is 15.2. The number of benzene rings is 1. The van der Waals surface area contributed by atoms with Gasteiger partial charge in [0.05, 0.1) is 17.2 Å². The van der Waals surface area contributed by atoms with Crippen LogP contribution in [0, 0.1) is 17.6 Å². The number of halogens is 3. The smallest absolute Gasteiger partial charge is 0.323 e. The van der Waals surface area contributed by atoms with Crippen LogP contribution >= 0.6 is 23.4 Å². The largest absolute Gasteiger partial charge is 0.465 e. The molecule has 0 unspecified atom stereocenters. The molecule has 3 aromatic rings. The minimum absolute atomic E-state index is 0.00864. The molecule has 3 heterocycles. The number of aromatic nitrogens is 2. The first-order chi connectivity index (χ1) is 16.2. The highest BCUT2D eigenvalue weighted by atomic mass is 35.5. The Hall–Kier alpha value is -2.98. The number of esters is 1. The quantitative estimate of drug-likeness (QED) is 0.477. The monoisotopic (exact) mass is 503 g/mol. The van der Waals surface area contributed by atoms with Gasteiger partial charge in [0.1, 0.15) is 10.3 Å². The summed E-state index contributed by atoms with van der Waals surface area (Å²) in [6, 6.07) is 5.98. The highest BCUT2D eigenvalue weighted by molar-refractivity contribution is 8.15. The normalized spacial score (nSPS) is 25.4. The van der Waals surface area contributed by atoms with Gasteiger partial charge in [0.25, 0.3) is 0 Å². The number of ether oxygens (including phenoxy) is 1. The molecule has 1 fully saturated rings. The Kier molecular flexibility index (Phi) is 5.40. The molecule has 2 aliphatic rings. The second kappa shape index (κ2) is 8.06. The van der Waals surface area contributed by atoms with E-state index in [0.717, 1.165) is 23.2 Å². The van der Waals surface area contributed by atoms with Crippen LogP contribution in [0.3, 0.4) is 0 Å². The molecule has 3 N–H and O–H groups in total. The number of fused-ring (bicyclic) bond motifs is 2. The molecule has 34 heavy (non-hydrogen) atoms. The van der Waals surface area contributed by atoms with E-state index in [-0.39, 0.29) is 23.0 Å². The van der Waals surface area contributed by atoms with Crippen molar-refractivity contribution in [2.45, 2.75) is 30.6 Å². The predicted molar refractivity (Wildman–Crippen MR) is 128 cm³/mol. The lowest BCUT2D eigenvalue weighted by molar-refractivity contribution is -0.143. The van der Waals surface area contributed by atoms with Gasteiger partial charge < -0.3 is 15.8 Å². The Morgan fingerprint density at radius 2 is 2.15 bits per heavy atom. The minimum Gasteiger partial charge on any atom is -0.465 e. The van der Waals surface area contributed by atoms with Crippen LogP contribution < -0.4 is 11.1 Å². The molecule has 0 radical (unpaired) electrons. The fourth-order valence-corrected chi connectivity index (χ4v) is 6.12. The third kappa shape index (κ3) is 3.56. The fraction of sp³-hybridized carbons (Fsp3) is 0.304. The first kappa shape index (κ1) is 22.8. The summed E-state index contributed by atoms with van der Waals surface area (Å²) in [4.78, 5) is 25.7. The van der Waals surface area contributed by atoms with E-state index in [2.05, 4.69) is 20.3 Å². The van der Waals surface area contributed by atoms with Crippen molar-refractivity contribution in [3.63, 3.8) is 0 Å². The number of amidine groups is 1. The first-order valence-corrected chi connectivity index (χ1v) is 11.8. The zero-order chi connectivity index (χ0) is 24.3. The van der Waals surface area contributed by atoms with Crippen molar-refractivity contribution in [1.29, 1.82) is 0 Å². The third-order valence-corrected chi connectivity index (χ3v) is 7.73. The van der Waals surface area contributed by atoms with Gasteiger partial charge in [-0.2, -0.15) is 0 Å². The number of nitrogens with one attached hydrogen (secondary N) is 1. The number of aliphatic imine (C=N–C) groups is 1. The van der Waals surface area contributed by atoms with E-state index in [1.807, 2.05) is 0 Å². The standard InChI is InChI=1S/C23H20ClF2N5O2S/c1-3-33-20(32)23-9-16(23)22(2,31-21(27)34-23)14-7-13(8-15(25)17(14)26)30-19-18-11(4-5-28-19)6-12(24)10-29-18/h4-8,10,16H,3,9H2,1-2H3,(H2,27,31)(H,28,30)/t16-,22+,23-/m0/s1. The minimum atomic E-state index is -1.26. The molecule has 5 rings (SSSR count). The first-order valence-electron chi connectivity index (χ1n) is 10.6. The number of hydrogen-bond donors (Lipinski definition) is 2. The van der Waals surface area contributed by atoms with E-state index in [1.54, 1.807) is 32.2 Å². The average molecular weight is 504 g/mol. The number of rotatable bonds is 5.